The molecule has 0 bridgehead atoms. The highest BCUT2D eigenvalue weighted by Crippen LogP contribution is 2.24. The number of urea groups is 1. The van der Waals surface area contributed by atoms with Gasteiger partial charge in [0.05, 0.1) is 22.8 Å². The minimum absolute atomic E-state index is 0.0410. The number of rotatable bonds is 5. The van der Waals surface area contributed by atoms with Gasteiger partial charge in [0, 0.05) is 35.4 Å². The number of amides is 2. The molecule has 0 atom stereocenters. The van der Waals surface area contributed by atoms with Crippen LogP contribution < -0.4 is 10.6 Å². The number of carbonyl (C=O) groups is 2. The van der Waals surface area contributed by atoms with Crippen LogP contribution in [0.4, 0.5) is 29.3 Å². The van der Waals surface area contributed by atoms with Crippen LogP contribution in [-0.4, -0.2) is 31.3 Å². The minimum Gasteiger partial charge on any atom is -0.308 e. The van der Waals surface area contributed by atoms with Gasteiger partial charge in [0.1, 0.15) is 12.1 Å². The highest BCUT2D eigenvalue weighted by molar-refractivity contribution is 6.11. The van der Waals surface area contributed by atoms with Crippen molar-refractivity contribution in [1.82, 2.24) is 19.5 Å². The Bertz CT molecular complexity index is 1620. The third-order valence-electron chi connectivity index (χ3n) is 5.17. The van der Waals surface area contributed by atoms with Crippen LogP contribution in [0.1, 0.15) is 15.9 Å². The number of hydrogen-bond donors (Lipinski definition) is 2. The number of carbonyl (C=O) groups excluding carboxylic acids is 2. The molecule has 178 valence electrons. The molecule has 5 aromatic rings. The normalized spacial score (nSPS) is 10.9. The van der Waals surface area contributed by atoms with Gasteiger partial charge in [0.25, 0.3) is 0 Å². The van der Waals surface area contributed by atoms with Crippen molar-refractivity contribution >= 4 is 34.2 Å². The molecule has 36 heavy (non-hydrogen) atoms. The zero-order valence-electron chi connectivity index (χ0n) is 18.2. The van der Waals surface area contributed by atoms with Crippen molar-refractivity contribution in [3.8, 4) is 5.82 Å². The second-order valence-corrected chi connectivity index (χ2v) is 7.64. The van der Waals surface area contributed by atoms with E-state index in [2.05, 4.69) is 25.6 Å². The summed E-state index contributed by atoms with van der Waals surface area (Å²) in [5.41, 5.74) is 0.282. The van der Waals surface area contributed by atoms with Gasteiger partial charge < -0.3 is 10.6 Å². The van der Waals surface area contributed by atoms with Crippen molar-refractivity contribution in [1.29, 1.82) is 0 Å². The van der Waals surface area contributed by atoms with Crippen LogP contribution in [-0.2, 0) is 0 Å². The summed E-state index contributed by atoms with van der Waals surface area (Å²) < 4.78 is 43.9. The number of hydrogen-bond acceptors (Lipinski definition) is 5. The molecule has 0 spiro atoms. The van der Waals surface area contributed by atoms with Crippen LogP contribution in [0, 0.1) is 17.5 Å². The number of benzene rings is 3. The Kier molecular flexibility index (Phi) is 5.87. The smallest absolute Gasteiger partial charge is 0.308 e. The fourth-order valence-corrected chi connectivity index (χ4v) is 3.50. The maximum atomic E-state index is 14.6. The van der Waals surface area contributed by atoms with Crippen LogP contribution in [0.5, 0.6) is 0 Å². The van der Waals surface area contributed by atoms with E-state index in [9.17, 15) is 22.8 Å². The lowest BCUT2D eigenvalue weighted by atomic mass is 10.0. The van der Waals surface area contributed by atoms with Crippen molar-refractivity contribution in [3.63, 3.8) is 0 Å². The molecule has 0 fully saturated rings. The molecule has 5 rings (SSSR count). The van der Waals surface area contributed by atoms with Crippen molar-refractivity contribution in [3.05, 3.63) is 108 Å². The Morgan fingerprint density at radius 3 is 2.50 bits per heavy atom. The molecular weight excluding hydrogens is 473 g/mol. The molecule has 0 aliphatic carbocycles. The summed E-state index contributed by atoms with van der Waals surface area (Å²) in [7, 11) is 0. The van der Waals surface area contributed by atoms with Gasteiger partial charge in [-0.3, -0.25) is 14.3 Å². The summed E-state index contributed by atoms with van der Waals surface area (Å²) in [6.45, 7) is 0. The van der Waals surface area contributed by atoms with E-state index in [1.807, 2.05) is 0 Å². The Balaban J connectivity index is 1.43. The van der Waals surface area contributed by atoms with E-state index >= 15 is 0 Å². The van der Waals surface area contributed by atoms with E-state index in [0.29, 0.717) is 16.9 Å². The first kappa shape index (κ1) is 22.7. The SMILES string of the molecule is O=C(Nc1cccc(F)c1)Nc1cc(F)c(F)c(C(=O)c2ccc3ncc(-n4ccnc4)nc3c2)c1. The molecule has 2 aromatic heterocycles. The topological polar surface area (TPSA) is 102 Å². The maximum absolute atomic E-state index is 14.6. The average Bonchev–Trinajstić information content (AvgIpc) is 3.40. The van der Waals surface area contributed by atoms with Gasteiger partial charge in [0.15, 0.2) is 23.2 Å². The largest absolute Gasteiger partial charge is 0.323 e. The summed E-state index contributed by atoms with van der Waals surface area (Å²) in [6.07, 6.45) is 6.31. The number of fused-ring (bicyclic) bond motifs is 1. The van der Waals surface area contributed by atoms with Crippen LogP contribution in [0.2, 0.25) is 0 Å². The van der Waals surface area contributed by atoms with Crippen molar-refractivity contribution in [2.45, 2.75) is 0 Å². The quantitative estimate of drug-likeness (QED) is 0.335. The van der Waals surface area contributed by atoms with Gasteiger partial charge in [-0.25, -0.2) is 27.9 Å². The van der Waals surface area contributed by atoms with Gasteiger partial charge >= 0.3 is 6.03 Å². The average molecular weight is 488 g/mol. The summed E-state index contributed by atoms with van der Waals surface area (Å²) in [5, 5.41) is 4.68. The van der Waals surface area contributed by atoms with Gasteiger partial charge in [-0.05, 0) is 42.5 Å². The number of ketones is 1. The van der Waals surface area contributed by atoms with E-state index < -0.39 is 34.8 Å². The monoisotopic (exact) mass is 488 g/mol. The Hall–Kier alpha value is -5.06. The molecule has 0 radical (unpaired) electrons. The van der Waals surface area contributed by atoms with Crippen molar-refractivity contribution in [2.24, 2.45) is 0 Å². The van der Waals surface area contributed by atoms with Crippen LogP contribution in [0.3, 0.4) is 0 Å². The number of anilines is 2. The maximum Gasteiger partial charge on any atom is 0.323 e. The second kappa shape index (κ2) is 9.29. The zero-order chi connectivity index (χ0) is 25.2. The predicted octanol–water partition coefficient (Wildman–Crippen LogP) is 5.11. The van der Waals surface area contributed by atoms with Gasteiger partial charge in [-0.15, -0.1) is 0 Å². The summed E-state index contributed by atoms with van der Waals surface area (Å²) in [5.74, 6) is -3.63. The molecule has 2 N–H and O–H groups in total. The molecule has 0 saturated heterocycles. The highest BCUT2D eigenvalue weighted by atomic mass is 19.2. The Labute approximate surface area is 201 Å². The van der Waals surface area contributed by atoms with E-state index in [1.165, 1.54) is 48.9 Å². The lowest BCUT2D eigenvalue weighted by molar-refractivity contribution is 0.103. The van der Waals surface area contributed by atoms with Crippen LogP contribution in [0.25, 0.3) is 16.9 Å². The molecule has 2 amide bonds. The summed E-state index contributed by atoms with van der Waals surface area (Å²) in [6, 6.07) is 10.4. The minimum atomic E-state index is -1.37. The summed E-state index contributed by atoms with van der Waals surface area (Å²) >= 11 is 0. The van der Waals surface area contributed by atoms with Gasteiger partial charge in [-0.2, -0.15) is 0 Å². The zero-order valence-corrected chi connectivity index (χ0v) is 18.2. The molecule has 0 saturated carbocycles. The number of halogens is 3. The number of imidazole rings is 1. The molecular formula is C25H15F3N6O2. The molecule has 0 aliphatic heterocycles. The third kappa shape index (κ3) is 4.62. The van der Waals surface area contributed by atoms with E-state index in [4.69, 9.17) is 0 Å². The van der Waals surface area contributed by atoms with Crippen molar-refractivity contribution in [2.75, 3.05) is 10.6 Å². The van der Waals surface area contributed by atoms with Crippen molar-refractivity contribution < 1.29 is 22.8 Å². The van der Waals surface area contributed by atoms with E-state index in [-0.39, 0.29) is 16.9 Å². The third-order valence-corrected chi connectivity index (χ3v) is 5.17. The van der Waals surface area contributed by atoms with Gasteiger partial charge in [0.2, 0.25) is 0 Å². The fourth-order valence-electron chi connectivity index (χ4n) is 3.50. The first-order valence-corrected chi connectivity index (χ1v) is 10.5. The predicted molar refractivity (Wildman–Crippen MR) is 125 cm³/mol. The first-order chi connectivity index (χ1) is 17.4. The van der Waals surface area contributed by atoms with E-state index in [0.717, 1.165) is 18.2 Å². The Morgan fingerprint density at radius 2 is 1.72 bits per heavy atom. The Morgan fingerprint density at radius 1 is 0.889 bits per heavy atom. The lowest BCUT2D eigenvalue weighted by Gasteiger charge is -2.11. The lowest BCUT2D eigenvalue weighted by Crippen LogP contribution is -2.20. The molecule has 8 nitrogen and oxygen atoms in total. The number of nitrogens with zero attached hydrogens (tertiary/aromatic N) is 4. The molecule has 2 heterocycles. The van der Waals surface area contributed by atoms with Gasteiger partial charge in [-0.1, -0.05) is 6.07 Å². The molecule has 0 aliphatic rings. The summed E-state index contributed by atoms with van der Waals surface area (Å²) in [4.78, 5) is 38.0. The second-order valence-electron chi connectivity index (χ2n) is 7.64. The standard InChI is InChI=1S/C25H15F3N6O2/c26-15-2-1-3-16(9-15)31-25(36)32-17-10-18(23(28)19(27)11-17)24(35)14-4-5-20-21(8-14)33-22(12-30-20)34-7-6-29-13-34/h1-13H,(H2,31,32,36). The molecule has 3 aromatic carbocycles. The van der Waals surface area contributed by atoms with Crippen LogP contribution in [0.15, 0.2) is 79.5 Å². The fraction of sp³-hybridized carbons (Fsp3) is 0. The molecule has 11 heteroatoms. The molecule has 0 unspecified atom stereocenters. The van der Waals surface area contributed by atoms with E-state index in [1.54, 1.807) is 17.0 Å². The number of nitrogens with one attached hydrogen (secondary N) is 2. The number of aromatic nitrogens is 4. The first-order valence-electron chi connectivity index (χ1n) is 10.5. The van der Waals surface area contributed by atoms with Crippen LogP contribution >= 0.6 is 0 Å². The highest BCUT2D eigenvalue weighted by Gasteiger charge is 2.20.